The lowest BCUT2D eigenvalue weighted by atomic mass is 10.1. The van der Waals surface area contributed by atoms with Crippen LogP contribution in [-0.4, -0.2) is 59.4 Å². The van der Waals surface area contributed by atoms with Gasteiger partial charge in [0.05, 0.1) is 14.2 Å². The Morgan fingerprint density at radius 1 is 1.17 bits per heavy atom. The van der Waals surface area contributed by atoms with E-state index in [0.29, 0.717) is 0 Å². The van der Waals surface area contributed by atoms with Crippen molar-refractivity contribution in [1.82, 2.24) is 5.32 Å². The quantitative estimate of drug-likeness (QED) is 0.574. The molecule has 0 spiro atoms. The molecule has 0 bridgehead atoms. The summed E-state index contributed by atoms with van der Waals surface area (Å²) in [5.74, 6) is 1.67. The monoisotopic (exact) mass is 323 g/mol. The Balaban J connectivity index is 1.90. The van der Waals surface area contributed by atoms with E-state index >= 15 is 0 Å². The van der Waals surface area contributed by atoms with Crippen molar-refractivity contribution in [2.75, 3.05) is 47.4 Å². The summed E-state index contributed by atoms with van der Waals surface area (Å²) in [5, 5.41) is 2.74. The number of amides is 1. The Morgan fingerprint density at radius 3 is 2.39 bits per heavy atom. The van der Waals surface area contributed by atoms with Gasteiger partial charge in [0.2, 0.25) is 0 Å². The van der Waals surface area contributed by atoms with Gasteiger partial charge in [-0.2, -0.15) is 0 Å². The number of quaternary nitrogens is 2. The lowest BCUT2D eigenvalue weighted by molar-refractivity contribution is -1.02. The smallest absolute Gasteiger partial charge is 0.277 e. The Bertz CT molecular complexity index is 528. The third-order valence-electron chi connectivity index (χ3n) is 4.75. The fourth-order valence-corrected chi connectivity index (χ4v) is 3.22. The topological polar surface area (TPSA) is 56.4 Å². The van der Waals surface area contributed by atoms with Gasteiger partial charge in [0, 0.05) is 12.6 Å². The number of nitrogens with one attached hydrogen (secondary N) is 3. The zero-order chi connectivity index (χ0) is 16.8. The Labute approximate surface area is 138 Å². The van der Waals surface area contributed by atoms with Crippen molar-refractivity contribution < 1.29 is 24.1 Å². The molecule has 1 atom stereocenters. The van der Waals surface area contributed by atoms with Crippen LogP contribution in [0.3, 0.4) is 0 Å². The molecule has 2 rings (SSSR count). The molecule has 1 aromatic rings. The number of benzene rings is 1. The highest BCUT2D eigenvalue weighted by Crippen LogP contribution is 2.27. The van der Waals surface area contributed by atoms with Gasteiger partial charge in [-0.1, -0.05) is 0 Å². The second-order valence-corrected chi connectivity index (χ2v) is 6.11. The van der Waals surface area contributed by atoms with Crippen LogP contribution in [0, 0.1) is 0 Å². The largest absolute Gasteiger partial charge is 0.493 e. The van der Waals surface area contributed by atoms with Gasteiger partial charge in [-0.25, -0.2) is 0 Å². The molecule has 0 unspecified atom stereocenters. The van der Waals surface area contributed by atoms with E-state index in [-0.39, 0.29) is 11.9 Å². The van der Waals surface area contributed by atoms with E-state index in [1.54, 1.807) is 26.2 Å². The summed E-state index contributed by atoms with van der Waals surface area (Å²) in [6, 6.07) is 6.14. The van der Waals surface area contributed by atoms with E-state index in [1.807, 2.05) is 13.0 Å². The summed E-state index contributed by atoms with van der Waals surface area (Å²) < 4.78 is 10.7. The normalized spacial score (nSPS) is 22.3. The molecule has 1 fully saturated rings. The van der Waals surface area contributed by atoms with Gasteiger partial charge < -0.3 is 24.6 Å². The maximum Gasteiger partial charge on any atom is 0.277 e. The van der Waals surface area contributed by atoms with Gasteiger partial charge in [0.15, 0.2) is 17.5 Å². The highest BCUT2D eigenvalue weighted by Gasteiger charge is 2.30. The summed E-state index contributed by atoms with van der Waals surface area (Å²) in [6.07, 6.45) is 0. The minimum atomic E-state index is 0.0302. The van der Waals surface area contributed by atoms with Crippen LogP contribution in [0.4, 0.5) is 0 Å². The molecule has 1 aliphatic heterocycles. The summed E-state index contributed by atoms with van der Waals surface area (Å²) >= 11 is 0. The van der Waals surface area contributed by atoms with Crippen LogP contribution in [0.2, 0.25) is 0 Å². The maximum atomic E-state index is 11.8. The number of hydrogen-bond donors (Lipinski definition) is 3. The minimum Gasteiger partial charge on any atom is -0.493 e. The van der Waals surface area contributed by atoms with Crippen molar-refractivity contribution in [3.63, 3.8) is 0 Å². The number of hydrogen-bond acceptors (Lipinski definition) is 3. The molecule has 3 N–H and O–H groups in total. The van der Waals surface area contributed by atoms with Crippen molar-refractivity contribution in [3.05, 3.63) is 23.8 Å². The van der Waals surface area contributed by atoms with E-state index in [4.69, 9.17) is 9.47 Å². The average molecular weight is 323 g/mol. The summed E-state index contributed by atoms with van der Waals surface area (Å²) in [4.78, 5) is 14.7. The first-order valence-electron chi connectivity index (χ1n) is 8.19. The van der Waals surface area contributed by atoms with Crippen LogP contribution in [0.15, 0.2) is 18.2 Å². The van der Waals surface area contributed by atoms with Crippen molar-refractivity contribution in [2.24, 2.45) is 0 Å². The van der Waals surface area contributed by atoms with E-state index in [9.17, 15) is 4.79 Å². The minimum absolute atomic E-state index is 0.0302. The molecule has 6 heteroatoms. The van der Waals surface area contributed by atoms with Crippen LogP contribution in [0.25, 0.3) is 0 Å². The number of carbonyl (C=O) groups excluding carboxylic acids is 1. The molecule has 0 aliphatic carbocycles. The summed E-state index contributed by atoms with van der Waals surface area (Å²) in [5.41, 5.74) is 1.25. The number of ether oxygens (including phenoxy) is 2. The van der Waals surface area contributed by atoms with Gasteiger partial charge in [0.1, 0.15) is 32.7 Å². The fraction of sp³-hybridized carbons (Fsp3) is 0.588. The maximum absolute atomic E-state index is 11.8. The average Bonchev–Trinajstić information content (AvgIpc) is 2.60. The third kappa shape index (κ3) is 4.36. The van der Waals surface area contributed by atoms with Gasteiger partial charge in [0.25, 0.3) is 5.91 Å². The number of likely N-dealkylation sites (N-methyl/N-ethyl adjacent to an activating group) is 1. The van der Waals surface area contributed by atoms with Crippen LogP contribution >= 0.6 is 0 Å². The molecule has 1 amide bonds. The number of rotatable bonds is 6. The van der Waals surface area contributed by atoms with Crippen LogP contribution in [0.1, 0.15) is 12.5 Å². The van der Waals surface area contributed by atoms with Crippen LogP contribution in [0.5, 0.6) is 11.5 Å². The molecule has 0 aromatic heterocycles. The first-order valence-corrected chi connectivity index (χ1v) is 8.19. The van der Waals surface area contributed by atoms with E-state index in [1.165, 1.54) is 10.5 Å². The molecule has 128 valence electrons. The SMILES string of the molecule is CNC(=O)[C@H](C)[NH+]1CC[NH+](Cc2ccc(OC)c(OC)c2)CC1. The van der Waals surface area contributed by atoms with Gasteiger partial charge in [-0.15, -0.1) is 0 Å². The van der Waals surface area contributed by atoms with Crippen molar-refractivity contribution >= 4 is 5.91 Å². The number of methoxy groups -OCH3 is 2. The van der Waals surface area contributed by atoms with Crippen molar-refractivity contribution in [3.8, 4) is 11.5 Å². The molecule has 1 aromatic carbocycles. The van der Waals surface area contributed by atoms with Crippen LogP contribution < -0.4 is 24.6 Å². The predicted octanol–water partition coefficient (Wildman–Crippen LogP) is -1.88. The molecule has 0 saturated carbocycles. The van der Waals surface area contributed by atoms with Crippen LogP contribution in [-0.2, 0) is 11.3 Å². The Kier molecular flexibility index (Phi) is 6.24. The Morgan fingerprint density at radius 2 is 1.83 bits per heavy atom. The molecule has 23 heavy (non-hydrogen) atoms. The zero-order valence-electron chi connectivity index (χ0n) is 14.6. The first-order chi connectivity index (χ1) is 11.1. The molecule has 6 nitrogen and oxygen atoms in total. The second-order valence-electron chi connectivity index (χ2n) is 6.11. The Hall–Kier alpha value is -1.79. The molecule has 1 aliphatic rings. The zero-order valence-corrected chi connectivity index (χ0v) is 14.6. The van der Waals surface area contributed by atoms with Gasteiger partial charge in [-0.05, 0) is 25.1 Å². The lowest BCUT2D eigenvalue weighted by Gasteiger charge is -2.32. The third-order valence-corrected chi connectivity index (χ3v) is 4.75. The molecule has 1 saturated heterocycles. The van der Waals surface area contributed by atoms with E-state index < -0.39 is 0 Å². The highest BCUT2D eigenvalue weighted by molar-refractivity contribution is 5.79. The second kappa shape index (κ2) is 8.17. The van der Waals surface area contributed by atoms with Gasteiger partial charge in [-0.3, -0.25) is 4.79 Å². The fourth-order valence-electron chi connectivity index (χ4n) is 3.22. The van der Waals surface area contributed by atoms with Crippen molar-refractivity contribution in [2.45, 2.75) is 19.5 Å². The predicted molar refractivity (Wildman–Crippen MR) is 88.2 cm³/mol. The molecular formula is C17H29N3O3+2. The van der Waals surface area contributed by atoms with Crippen molar-refractivity contribution in [1.29, 1.82) is 0 Å². The number of carbonyl (C=O) groups is 1. The summed E-state index contributed by atoms with van der Waals surface area (Å²) in [6.45, 7) is 7.18. The number of piperazine rings is 1. The standard InChI is InChI=1S/C17H27N3O3/c1-13(17(21)18-2)20-9-7-19(8-10-20)12-14-5-6-15(22-3)16(11-14)23-4/h5-6,11,13H,7-10,12H2,1-4H3,(H,18,21)/p+2/t13-/m0/s1. The van der Waals surface area contributed by atoms with Gasteiger partial charge >= 0.3 is 0 Å². The molecule has 0 radical (unpaired) electrons. The van der Waals surface area contributed by atoms with E-state index in [0.717, 1.165) is 44.2 Å². The first kappa shape index (κ1) is 17.6. The molecular weight excluding hydrogens is 294 g/mol. The lowest BCUT2D eigenvalue weighted by Crippen LogP contribution is -3.29. The summed E-state index contributed by atoms with van der Waals surface area (Å²) in [7, 11) is 5.02. The highest BCUT2D eigenvalue weighted by atomic mass is 16.5. The molecule has 1 heterocycles. The van der Waals surface area contributed by atoms with E-state index in [2.05, 4.69) is 17.4 Å².